The number of piperidine rings is 1. The molecular formula is C37H42N7+. The van der Waals surface area contributed by atoms with Gasteiger partial charge in [0.05, 0.1) is 30.2 Å². The highest BCUT2D eigenvalue weighted by Crippen LogP contribution is 2.34. The standard InChI is InChI=1S/C37H41N7/c1-27-24-35(43(2)3)37(42-39-27)32-16-14-29(15-17-32)33(30-20-22-44(23-21-30)26-28-10-6-4-7-11-28)25-38-36-19-18-34(40-41-36)31-12-8-5-9-13-31/h4-19,24,30,33H,20-23,25-26H2,1-3H3,(H,38,41)/p+1. The first-order chi connectivity index (χ1) is 21.5. The van der Waals surface area contributed by atoms with Crippen LogP contribution in [0.25, 0.3) is 22.5 Å². The lowest BCUT2D eigenvalue weighted by Crippen LogP contribution is -3.11. The van der Waals surface area contributed by atoms with Crippen LogP contribution in [0.4, 0.5) is 11.5 Å². The maximum Gasteiger partial charge on any atom is 0.148 e. The fourth-order valence-electron chi connectivity index (χ4n) is 6.38. The fraction of sp³-hybridized carbons (Fsp3) is 0.297. The summed E-state index contributed by atoms with van der Waals surface area (Å²) in [6.07, 6.45) is 2.40. The van der Waals surface area contributed by atoms with Crippen LogP contribution in [0, 0.1) is 12.8 Å². The molecule has 3 aromatic carbocycles. The maximum atomic E-state index is 4.56. The van der Waals surface area contributed by atoms with Crippen LogP contribution >= 0.6 is 0 Å². The second-order valence-electron chi connectivity index (χ2n) is 12.1. The van der Waals surface area contributed by atoms with Crippen molar-refractivity contribution >= 4 is 11.5 Å². The largest absolute Gasteiger partial charge is 0.376 e. The molecule has 1 atom stereocenters. The van der Waals surface area contributed by atoms with E-state index in [2.05, 4.69) is 118 Å². The van der Waals surface area contributed by atoms with Crippen LogP contribution < -0.4 is 15.1 Å². The van der Waals surface area contributed by atoms with Crippen LogP contribution in [0.1, 0.15) is 35.6 Å². The third kappa shape index (κ3) is 7.12. The number of hydrogen-bond acceptors (Lipinski definition) is 6. The molecule has 0 radical (unpaired) electrons. The third-order valence-electron chi connectivity index (χ3n) is 8.83. The maximum absolute atomic E-state index is 4.56. The second-order valence-corrected chi connectivity index (χ2v) is 12.1. The predicted octanol–water partition coefficient (Wildman–Crippen LogP) is 5.67. The summed E-state index contributed by atoms with van der Waals surface area (Å²) in [5, 5.41) is 21.6. The smallest absolute Gasteiger partial charge is 0.148 e. The number of nitrogens with one attached hydrogen (secondary N) is 2. The van der Waals surface area contributed by atoms with Gasteiger partial charge in [0.1, 0.15) is 18.1 Å². The lowest BCUT2D eigenvalue weighted by atomic mass is 9.79. The van der Waals surface area contributed by atoms with Gasteiger partial charge in [0.2, 0.25) is 0 Å². The molecule has 44 heavy (non-hydrogen) atoms. The van der Waals surface area contributed by atoms with Crippen molar-refractivity contribution in [3.63, 3.8) is 0 Å². The van der Waals surface area contributed by atoms with Crippen LogP contribution in [-0.2, 0) is 6.54 Å². The zero-order valence-corrected chi connectivity index (χ0v) is 25.9. The molecule has 1 saturated heterocycles. The Balaban J connectivity index is 1.20. The zero-order valence-electron chi connectivity index (χ0n) is 25.9. The van der Waals surface area contributed by atoms with E-state index in [4.69, 9.17) is 0 Å². The van der Waals surface area contributed by atoms with E-state index < -0.39 is 0 Å². The van der Waals surface area contributed by atoms with Gasteiger partial charge < -0.3 is 15.1 Å². The van der Waals surface area contributed by atoms with Crippen LogP contribution in [0.15, 0.2) is 103 Å². The van der Waals surface area contributed by atoms with E-state index in [1.54, 1.807) is 4.90 Å². The molecule has 224 valence electrons. The molecule has 3 heterocycles. The lowest BCUT2D eigenvalue weighted by Gasteiger charge is -2.34. The molecule has 2 aromatic heterocycles. The first-order valence-electron chi connectivity index (χ1n) is 15.7. The van der Waals surface area contributed by atoms with Crippen molar-refractivity contribution in [2.45, 2.75) is 32.2 Å². The summed E-state index contributed by atoms with van der Waals surface area (Å²) in [5.74, 6) is 1.75. The van der Waals surface area contributed by atoms with Crippen LogP contribution in [0.2, 0.25) is 0 Å². The number of anilines is 2. The van der Waals surface area contributed by atoms with Gasteiger partial charge in [-0.1, -0.05) is 84.9 Å². The van der Waals surface area contributed by atoms with Crippen molar-refractivity contribution in [3.8, 4) is 22.5 Å². The third-order valence-corrected chi connectivity index (χ3v) is 8.83. The normalized spacial score (nSPS) is 17.2. The molecule has 0 saturated carbocycles. The van der Waals surface area contributed by atoms with Crippen molar-refractivity contribution in [2.75, 3.05) is 43.9 Å². The summed E-state index contributed by atoms with van der Waals surface area (Å²) in [4.78, 5) is 3.78. The summed E-state index contributed by atoms with van der Waals surface area (Å²) in [6.45, 7) is 6.26. The minimum Gasteiger partial charge on any atom is -0.376 e. The number of aryl methyl sites for hydroxylation is 1. The van der Waals surface area contributed by atoms with Crippen LogP contribution in [0.3, 0.4) is 0 Å². The first kappa shape index (κ1) is 29.5. The predicted molar refractivity (Wildman–Crippen MR) is 179 cm³/mol. The zero-order chi connectivity index (χ0) is 30.3. The Morgan fingerprint density at radius 3 is 2.14 bits per heavy atom. The van der Waals surface area contributed by atoms with Gasteiger partial charge >= 0.3 is 0 Å². The molecule has 1 unspecified atom stereocenters. The van der Waals surface area contributed by atoms with Gasteiger partial charge in [0.25, 0.3) is 0 Å². The summed E-state index contributed by atoms with van der Waals surface area (Å²) >= 11 is 0. The van der Waals surface area contributed by atoms with Crippen LogP contribution in [0.5, 0.6) is 0 Å². The summed E-state index contributed by atoms with van der Waals surface area (Å²) in [7, 11) is 4.11. The summed E-state index contributed by atoms with van der Waals surface area (Å²) in [5.41, 5.74) is 8.71. The van der Waals surface area contributed by atoms with Gasteiger partial charge in [-0.15, -0.1) is 15.3 Å². The van der Waals surface area contributed by atoms with Crippen molar-refractivity contribution in [1.82, 2.24) is 20.4 Å². The van der Waals surface area contributed by atoms with Crippen molar-refractivity contribution in [2.24, 2.45) is 5.92 Å². The molecule has 2 N–H and O–H groups in total. The van der Waals surface area contributed by atoms with E-state index >= 15 is 0 Å². The Kier molecular flexibility index (Phi) is 9.22. The minimum absolute atomic E-state index is 0.357. The minimum atomic E-state index is 0.357. The quantitative estimate of drug-likeness (QED) is 0.221. The molecule has 1 fully saturated rings. The highest BCUT2D eigenvalue weighted by atomic mass is 15.2. The van der Waals surface area contributed by atoms with Crippen molar-refractivity contribution < 1.29 is 4.90 Å². The molecule has 1 aliphatic rings. The Hall–Kier alpha value is -4.62. The van der Waals surface area contributed by atoms with E-state index in [1.807, 2.05) is 37.3 Å². The van der Waals surface area contributed by atoms with Gasteiger partial charge in [-0.3, -0.25) is 0 Å². The number of aromatic nitrogens is 4. The number of likely N-dealkylation sites (tertiary alicyclic amines) is 1. The van der Waals surface area contributed by atoms with Crippen LogP contribution in [-0.4, -0.2) is 54.1 Å². The average molecular weight is 585 g/mol. The molecule has 0 bridgehead atoms. The Labute approximate surface area is 261 Å². The fourth-order valence-corrected chi connectivity index (χ4v) is 6.38. The van der Waals surface area contributed by atoms with Gasteiger partial charge in [-0.05, 0) is 36.6 Å². The lowest BCUT2D eigenvalue weighted by molar-refractivity contribution is -0.919. The van der Waals surface area contributed by atoms with Crippen molar-refractivity contribution in [1.29, 1.82) is 0 Å². The molecule has 0 amide bonds. The van der Waals surface area contributed by atoms with E-state index in [0.29, 0.717) is 11.8 Å². The number of nitrogens with zero attached hydrogens (tertiary/aromatic N) is 5. The van der Waals surface area contributed by atoms with Gasteiger partial charge in [-0.25, -0.2) is 0 Å². The van der Waals surface area contributed by atoms with Gasteiger partial charge in [0, 0.05) is 56.1 Å². The Morgan fingerprint density at radius 2 is 1.48 bits per heavy atom. The number of benzene rings is 3. The van der Waals surface area contributed by atoms with Gasteiger partial charge in [-0.2, -0.15) is 5.10 Å². The molecule has 1 aliphatic heterocycles. The number of rotatable bonds is 10. The summed E-state index contributed by atoms with van der Waals surface area (Å²) < 4.78 is 0. The van der Waals surface area contributed by atoms with E-state index in [1.165, 1.54) is 37.1 Å². The molecule has 7 nitrogen and oxygen atoms in total. The Morgan fingerprint density at radius 1 is 0.773 bits per heavy atom. The highest BCUT2D eigenvalue weighted by molar-refractivity contribution is 5.74. The number of hydrogen-bond donors (Lipinski definition) is 2. The highest BCUT2D eigenvalue weighted by Gasteiger charge is 2.30. The van der Waals surface area contributed by atoms with Crippen molar-refractivity contribution in [3.05, 3.63) is 120 Å². The molecule has 0 spiro atoms. The summed E-state index contributed by atoms with van der Waals surface area (Å²) in [6, 6.07) is 36.3. The van der Waals surface area contributed by atoms with E-state index in [9.17, 15) is 0 Å². The molecule has 7 heteroatoms. The van der Waals surface area contributed by atoms with Gasteiger partial charge in [0.15, 0.2) is 0 Å². The van der Waals surface area contributed by atoms with E-state index in [-0.39, 0.29) is 0 Å². The molecule has 5 aromatic rings. The molecule has 0 aliphatic carbocycles. The SMILES string of the molecule is Cc1cc(N(C)C)c(-c2ccc(C(CNc3ccc(-c4ccccc4)nn3)C3CC[NH+](Cc4ccccc4)CC3)cc2)nn1. The number of quaternary nitrogens is 1. The second kappa shape index (κ2) is 13.8. The van der Waals surface area contributed by atoms with E-state index in [0.717, 1.165) is 52.8 Å². The first-order valence-corrected chi connectivity index (χ1v) is 15.7. The Bertz CT molecular complexity index is 1610. The molecule has 6 rings (SSSR count). The topological polar surface area (TPSA) is 71.3 Å². The molecular weight excluding hydrogens is 542 g/mol. The average Bonchev–Trinajstić information content (AvgIpc) is 3.07. The monoisotopic (exact) mass is 584 g/mol.